The lowest BCUT2D eigenvalue weighted by atomic mass is 9.98. The summed E-state index contributed by atoms with van der Waals surface area (Å²) in [5.41, 5.74) is 3.15. The predicted octanol–water partition coefficient (Wildman–Crippen LogP) is 3.72. The smallest absolute Gasteiger partial charge is 0.225 e. The minimum atomic E-state index is -0.302. The van der Waals surface area contributed by atoms with Crippen LogP contribution in [0.2, 0.25) is 0 Å². The van der Waals surface area contributed by atoms with Crippen molar-refractivity contribution < 1.29 is 9.13 Å². The molecule has 4 rings (SSSR count). The summed E-state index contributed by atoms with van der Waals surface area (Å²) >= 11 is 0. The van der Waals surface area contributed by atoms with Gasteiger partial charge in [0, 0.05) is 18.8 Å². The number of piperidine rings is 1. The van der Waals surface area contributed by atoms with Crippen LogP contribution in [0.15, 0.2) is 24.3 Å². The van der Waals surface area contributed by atoms with E-state index in [0.717, 1.165) is 55.6 Å². The molecule has 8 nitrogen and oxygen atoms in total. The fraction of sp³-hybridized carbons (Fsp3) is 0.522. The Morgan fingerprint density at radius 3 is 2.81 bits per heavy atom. The van der Waals surface area contributed by atoms with E-state index in [-0.39, 0.29) is 5.82 Å². The van der Waals surface area contributed by atoms with E-state index >= 15 is 0 Å². The van der Waals surface area contributed by atoms with Crippen LogP contribution in [-0.4, -0.2) is 52.6 Å². The van der Waals surface area contributed by atoms with Crippen LogP contribution in [-0.2, 0) is 17.7 Å². The first-order chi connectivity index (χ1) is 15.7. The van der Waals surface area contributed by atoms with Crippen LogP contribution in [0.5, 0.6) is 0 Å². The van der Waals surface area contributed by atoms with Gasteiger partial charge in [-0.3, -0.25) is 4.68 Å². The molecule has 1 saturated heterocycles. The summed E-state index contributed by atoms with van der Waals surface area (Å²) in [5, 5.41) is 14.9. The summed E-state index contributed by atoms with van der Waals surface area (Å²) < 4.78 is 21.2. The molecule has 0 unspecified atom stereocenters. The highest BCUT2D eigenvalue weighted by molar-refractivity contribution is 5.90. The Hall–Kier alpha value is -2.78. The van der Waals surface area contributed by atoms with Crippen LogP contribution in [0.25, 0.3) is 11.0 Å². The van der Waals surface area contributed by atoms with Gasteiger partial charge < -0.3 is 20.7 Å². The van der Waals surface area contributed by atoms with Crippen LogP contribution in [0.4, 0.5) is 21.8 Å². The average Bonchev–Trinajstić information content (AvgIpc) is 3.16. The number of nitrogens with zero attached hydrogens (tertiary/aromatic N) is 4. The summed E-state index contributed by atoms with van der Waals surface area (Å²) in [6.07, 6.45) is 3.03. The molecular formula is C23H32FN7O. The normalized spacial score (nSPS) is 14.7. The number of halogens is 1. The highest BCUT2D eigenvalue weighted by Gasteiger charge is 2.19. The lowest BCUT2D eigenvalue weighted by molar-refractivity contribution is 0.137. The third-order valence-electron chi connectivity index (χ3n) is 5.74. The topological polar surface area (TPSA) is 88.9 Å². The van der Waals surface area contributed by atoms with Gasteiger partial charge in [-0.1, -0.05) is 13.0 Å². The van der Waals surface area contributed by atoms with Crippen molar-refractivity contribution in [1.82, 2.24) is 25.1 Å². The minimum Gasteiger partial charge on any atom is -0.380 e. The molecule has 1 aliphatic rings. The van der Waals surface area contributed by atoms with Gasteiger partial charge in [0.15, 0.2) is 5.82 Å². The van der Waals surface area contributed by atoms with Crippen molar-refractivity contribution in [1.29, 1.82) is 0 Å². The molecule has 1 aromatic carbocycles. The second kappa shape index (κ2) is 10.7. The van der Waals surface area contributed by atoms with Gasteiger partial charge in [-0.15, -0.1) is 0 Å². The number of hydrogen-bond acceptors (Lipinski definition) is 7. The lowest BCUT2D eigenvalue weighted by Crippen LogP contribution is -2.31. The maximum atomic E-state index is 13.8. The molecule has 3 aromatic rings. The lowest BCUT2D eigenvalue weighted by Gasteiger charge is -2.22. The van der Waals surface area contributed by atoms with E-state index in [4.69, 9.17) is 19.8 Å². The molecule has 0 radical (unpaired) electrons. The van der Waals surface area contributed by atoms with Crippen LogP contribution >= 0.6 is 0 Å². The molecule has 3 heterocycles. The number of hydrogen-bond donors (Lipinski definition) is 3. The van der Waals surface area contributed by atoms with E-state index < -0.39 is 0 Å². The first-order valence-corrected chi connectivity index (χ1v) is 11.5. The average molecular weight is 442 g/mol. The van der Waals surface area contributed by atoms with Crippen LogP contribution in [0.3, 0.4) is 0 Å². The maximum absolute atomic E-state index is 13.8. The first-order valence-electron chi connectivity index (χ1n) is 11.5. The molecule has 0 bridgehead atoms. The standard InChI is InChI=1S/C23H32FN7O/c1-3-19-20-21(31(30-19)12-13-32-4-2)22(27-18-7-5-6-17(24)14-18)29-23(28-20)26-15-16-8-10-25-11-9-16/h5-7,14,16,25H,3-4,8-13,15H2,1-2H3,(H2,26,27,28,29). The van der Waals surface area contributed by atoms with Crippen molar-refractivity contribution in [2.75, 3.05) is 43.5 Å². The summed E-state index contributed by atoms with van der Waals surface area (Å²) in [5.74, 6) is 1.46. The molecule has 0 aliphatic carbocycles. The van der Waals surface area contributed by atoms with E-state index in [2.05, 4.69) is 22.9 Å². The molecule has 0 spiro atoms. The Labute approximate surface area is 188 Å². The van der Waals surface area contributed by atoms with Crippen molar-refractivity contribution in [2.24, 2.45) is 5.92 Å². The largest absolute Gasteiger partial charge is 0.380 e. The molecule has 1 aliphatic heterocycles. The third kappa shape index (κ3) is 5.34. The first kappa shape index (κ1) is 22.4. The summed E-state index contributed by atoms with van der Waals surface area (Å²) in [7, 11) is 0. The van der Waals surface area contributed by atoms with Gasteiger partial charge in [-0.2, -0.15) is 10.1 Å². The van der Waals surface area contributed by atoms with Gasteiger partial charge in [0.25, 0.3) is 0 Å². The van der Waals surface area contributed by atoms with E-state index in [1.165, 1.54) is 12.1 Å². The van der Waals surface area contributed by atoms with Crippen molar-refractivity contribution in [3.8, 4) is 0 Å². The SMILES string of the molecule is CCOCCn1nc(CC)c2nc(NCC3CCNCC3)nc(Nc3cccc(F)c3)c21. The van der Waals surface area contributed by atoms with Crippen molar-refractivity contribution >= 4 is 28.5 Å². The zero-order chi connectivity index (χ0) is 22.3. The van der Waals surface area contributed by atoms with Crippen molar-refractivity contribution in [3.05, 3.63) is 35.8 Å². The fourth-order valence-electron chi connectivity index (χ4n) is 4.03. The number of ether oxygens (including phenoxy) is 1. The zero-order valence-electron chi connectivity index (χ0n) is 18.8. The number of aromatic nitrogens is 4. The molecule has 172 valence electrons. The number of rotatable bonds is 10. The van der Waals surface area contributed by atoms with Gasteiger partial charge in [-0.25, -0.2) is 9.37 Å². The van der Waals surface area contributed by atoms with Gasteiger partial charge in [0.2, 0.25) is 5.95 Å². The Bertz CT molecular complexity index is 1030. The Morgan fingerprint density at radius 1 is 1.22 bits per heavy atom. The number of fused-ring (bicyclic) bond motifs is 1. The fourth-order valence-corrected chi connectivity index (χ4v) is 4.03. The number of aryl methyl sites for hydroxylation is 1. The predicted molar refractivity (Wildman–Crippen MR) is 125 cm³/mol. The number of benzene rings is 1. The molecule has 0 atom stereocenters. The van der Waals surface area contributed by atoms with E-state index in [1.807, 2.05) is 17.7 Å². The summed E-state index contributed by atoms with van der Waals surface area (Å²) in [4.78, 5) is 9.60. The molecule has 0 saturated carbocycles. The van der Waals surface area contributed by atoms with Crippen molar-refractivity contribution in [3.63, 3.8) is 0 Å². The van der Waals surface area contributed by atoms with E-state index in [1.54, 1.807) is 6.07 Å². The van der Waals surface area contributed by atoms with Gasteiger partial charge in [0.1, 0.15) is 16.9 Å². The quantitative estimate of drug-likeness (QED) is 0.413. The van der Waals surface area contributed by atoms with E-state index in [9.17, 15) is 4.39 Å². The molecular weight excluding hydrogens is 409 g/mol. The summed E-state index contributed by atoms with van der Waals surface area (Å²) in [6.45, 7) is 8.75. The summed E-state index contributed by atoms with van der Waals surface area (Å²) in [6, 6.07) is 6.38. The zero-order valence-corrected chi connectivity index (χ0v) is 18.8. The molecule has 0 amide bonds. The Kier molecular flexibility index (Phi) is 7.49. The van der Waals surface area contributed by atoms with Crippen LogP contribution in [0.1, 0.15) is 32.4 Å². The molecule has 9 heteroatoms. The van der Waals surface area contributed by atoms with Gasteiger partial charge in [-0.05, 0) is 63.4 Å². The maximum Gasteiger partial charge on any atom is 0.225 e. The van der Waals surface area contributed by atoms with Gasteiger partial charge >= 0.3 is 0 Å². The van der Waals surface area contributed by atoms with Crippen LogP contribution < -0.4 is 16.0 Å². The molecule has 3 N–H and O–H groups in total. The number of anilines is 3. The third-order valence-corrected chi connectivity index (χ3v) is 5.74. The monoisotopic (exact) mass is 441 g/mol. The molecule has 1 fully saturated rings. The highest BCUT2D eigenvalue weighted by atomic mass is 19.1. The second-order valence-corrected chi connectivity index (χ2v) is 8.02. The van der Waals surface area contributed by atoms with Gasteiger partial charge in [0.05, 0.1) is 18.8 Å². The van der Waals surface area contributed by atoms with E-state index in [0.29, 0.717) is 43.1 Å². The number of nitrogens with one attached hydrogen (secondary N) is 3. The molecule has 2 aromatic heterocycles. The minimum absolute atomic E-state index is 0.302. The van der Waals surface area contributed by atoms with Crippen molar-refractivity contribution in [2.45, 2.75) is 39.7 Å². The molecule has 32 heavy (non-hydrogen) atoms. The Morgan fingerprint density at radius 2 is 2.06 bits per heavy atom. The highest BCUT2D eigenvalue weighted by Crippen LogP contribution is 2.28. The Balaban J connectivity index is 1.69. The second-order valence-electron chi connectivity index (χ2n) is 8.02. The van der Waals surface area contributed by atoms with Crippen LogP contribution in [0, 0.1) is 11.7 Å².